The number of hydrogen-bond donors (Lipinski definition) is 1. The fraction of sp³-hybridized carbons (Fsp3) is 0.615. The summed E-state index contributed by atoms with van der Waals surface area (Å²) < 4.78 is 5.02. The molecule has 0 saturated carbocycles. The fourth-order valence-electron chi connectivity index (χ4n) is 2.52. The Bertz CT molecular complexity index is 416. The minimum absolute atomic E-state index is 0.0693. The van der Waals surface area contributed by atoms with Crippen LogP contribution >= 0.6 is 0 Å². The van der Waals surface area contributed by atoms with Crippen LogP contribution < -0.4 is 0 Å². The number of aromatic carboxylic acids is 1. The number of furan rings is 1. The van der Waals surface area contributed by atoms with E-state index in [1.807, 2.05) is 0 Å². The van der Waals surface area contributed by atoms with E-state index in [0.717, 1.165) is 31.6 Å². The summed E-state index contributed by atoms with van der Waals surface area (Å²) >= 11 is 0. The molecule has 2 rings (SSSR count). The van der Waals surface area contributed by atoms with Gasteiger partial charge in [-0.15, -0.1) is 0 Å². The van der Waals surface area contributed by atoms with Gasteiger partial charge in [0, 0.05) is 31.2 Å². The van der Waals surface area contributed by atoms with Crippen LogP contribution in [0.4, 0.5) is 0 Å². The van der Waals surface area contributed by atoms with Crippen LogP contribution in [0, 0.1) is 0 Å². The second kappa shape index (κ2) is 5.54. The molecular formula is C13H20N2O3. The van der Waals surface area contributed by atoms with Gasteiger partial charge in [0.25, 0.3) is 0 Å². The van der Waals surface area contributed by atoms with Gasteiger partial charge in [-0.05, 0) is 33.0 Å². The lowest BCUT2D eigenvalue weighted by molar-refractivity contribution is 0.0658. The summed E-state index contributed by atoms with van der Waals surface area (Å²) in [5, 5.41) is 9.03. The minimum Gasteiger partial charge on any atom is -0.475 e. The Hall–Kier alpha value is -1.33. The predicted octanol–water partition coefficient (Wildman–Crippen LogP) is 1.50. The van der Waals surface area contributed by atoms with Gasteiger partial charge >= 0.3 is 5.97 Å². The first-order valence-corrected chi connectivity index (χ1v) is 6.30. The monoisotopic (exact) mass is 252 g/mol. The number of nitrogens with zero attached hydrogens (tertiary/aromatic N) is 2. The van der Waals surface area contributed by atoms with Crippen LogP contribution in [0.2, 0.25) is 0 Å². The van der Waals surface area contributed by atoms with E-state index in [4.69, 9.17) is 9.52 Å². The first kappa shape index (κ1) is 13.1. The van der Waals surface area contributed by atoms with Crippen molar-refractivity contribution >= 4 is 5.97 Å². The maximum Gasteiger partial charge on any atom is 0.372 e. The fourth-order valence-corrected chi connectivity index (χ4v) is 2.52. The Kier molecular flexibility index (Phi) is 4.04. The van der Waals surface area contributed by atoms with E-state index in [9.17, 15) is 4.79 Å². The first-order valence-electron chi connectivity index (χ1n) is 6.30. The third-order valence-electron chi connectivity index (χ3n) is 3.50. The van der Waals surface area contributed by atoms with Gasteiger partial charge in [-0.3, -0.25) is 4.90 Å². The molecule has 0 radical (unpaired) electrons. The zero-order valence-electron chi connectivity index (χ0n) is 10.9. The molecule has 5 heteroatoms. The molecule has 1 N–H and O–H groups in total. The van der Waals surface area contributed by atoms with E-state index >= 15 is 0 Å². The molecule has 0 spiro atoms. The van der Waals surface area contributed by atoms with E-state index in [1.54, 1.807) is 6.07 Å². The van der Waals surface area contributed by atoms with Gasteiger partial charge < -0.3 is 14.4 Å². The molecule has 1 aromatic heterocycles. The van der Waals surface area contributed by atoms with Gasteiger partial charge in [0.1, 0.15) is 0 Å². The number of carbonyl (C=O) groups is 1. The van der Waals surface area contributed by atoms with Crippen LogP contribution in [-0.4, -0.2) is 53.6 Å². The summed E-state index contributed by atoms with van der Waals surface area (Å²) in [6.45, 7) is 5.93. The Morgan fingerprint density at radius 1 is 1.56 bits per heavy atom. The van der Waals surface area contributed by atoms with Gasteiger partial charge in [0.05, 0.1) is 6.26 Å². The van der Waals surface area contributed by atoms with Crippen LogP contribution in [0.15, 0.2) is 16.7 Å². The van der Waals surface area contributed by atoms with Crippen molar-refractivity contribution in [3.63, 3.8) is 0 Å². The lowest BCUT2D eigenvalue weighted by Gasteiger charge is -2.27. The highest BCUT2D eigenvalue weighted by atomic mass is 16.4. The number of likely N-dealkylation sites (N-methyl/N-ethyl adjacent to an activating group) is 1. The average Bonchev–Trinajstić information content (AvgIpc) is 2.69. The number of rotatable bonds is 3. The minimum atomic E-state index is -0.991. The molecule has 2 heterocycles. The van der Waals surface area contributed by atoms with Crippen LogP contribution in [0.25, 0.3) is 0 Å². The third kappa shape index (κ3) is 2.91. The highest BCUT2D eigenvalue weighted by Gasteiger charge is 2.22. The topological polar surface area (TPSA) is 56.9 Å². The molecule has 1 aromatic rings. The summed E-state index contributed by atoms with van der Waals surface area (Å²) in [5.74, 6) is -0.922. The SMILES string of the molecule is CC1CN(C)CCCN1Cc1ccoc1C(=O)O. The third-order valence-corrected chi connectivity index (χ3v) is 3.50. The highest BCUT2D eigenvalue weighted by molar-refractivity contribution is 5.86. The number of hydrogen-bond acceptors (Lipinski definition) is 4. The van der Waals surface area contributed by atoms with Crippen LogP contribution in [0.5, 0.6) is 0 Å². The number of carboxylic acid groups (broad SMARTS) is 1. The molecule has 0 aromatic carbocycles. The average molecular weight is 252 g/mol. The number of carboxylic acids is 1. The second-order valence-electron chi connectivity index (χ2n) is 5.02. The summed E-state index contributed by atoms with van der Waals surface area (Å²) in [6.07, 6.45) is 2.56. The van der Waals surface area contributed by atoms with Crippen molar-refractivity contribution in [3.8, 4) is 0 Å². The molecular weight excluding hydrogens is 232 g/mol. The molecule has 1 fully saturated rings. The quantitative estimate of drug-likeness (QED) is 0.883. The summed E-state index contributed by atoms with van der Waals surface area (Å²) in [6, 6.07) is 2.18. The maximum absolute atomic E-state index is 11.0. The predicted molar refractivity (Wildman–Crippen MR) is 67.7 cm³/mol. The second-order valence-corrected chi connectivity index (χ2v) is 5.02. The molecule has 18 heavy (non-hydrogen) atoms. The molecule has 100 valence electrons. The van der Waals surface area contributed by atoms with Gasteiger partial charge in [0.15, 0.2) is 0 Å². The van der Waals surface area contributed by atoms with Crippen molar-refractivity contribution < 1.29 is 14.3 Å². The van der Waals surface area contributed by atoms with Gasteiger partial charge in [-0.2, -0.15) is 0 Å². The zero-order chi connectivity index (χ0) is 13.1. The van der Waals surface area contributed by atoms with E-state index < -0.39 is 5.97 Å². The Morgan fingerprint density at radius 3 is 3.06 bits per heavy atom. The summed E-state index contributed by atoms with van der Waals surface area (Å²) in [7, 11) is 2.13. The first-order chi connectivity index (χ1) is 8.58. The Morgan fingerprint density at radius 2 is 2.33 bits per heavy atom. The molecule has 1 saturated heterocycles. The summed E-state index contributed by atoms with van der Waals surface area (Å²) in [5.41, 5.74) is 0.763. The van der Waals surface area contributed by atoms with Crippen LogP contribution in [0.1, 0.15) is 29.5 Å². The standard InChI is InChI=1S/C13H20N2O3/c1-10-8-14(2)5-3-6-15(10)9-11-4-7-18-12(11)13(16)17/h4,7,10H,3,5-6,8-9H2,1-2H3,(H,16,17). The van der Waals surface area contributed by atoms with E-state index in [0.29, 0.717) is 12.6 Å². The normalized spacial score (nSPS) is 22.9. The van der Waals surface area contributed by atoms with Crippen molar-refractivity contribution in [1.29, 1.82) is 0 Å². The lowest BCUT2D eigenvalue weighted by Crippen LogP contribution is -2.37. The maximum atomic E-state index is 11.0. The Labute approximate surface area is 107 Å². The summed E-state index contributed by atoms with van der Waals surface area (Å²) in [4.78, 5) is 15.6. The molecule has 1 unspecified atom stereocenters. The molecule has 1 aliphatic rings. The van der Waals surface area contributed by atoms with Crippen LogP contribution in [0.3, 0.4) is 0 Å². The van der Waals surface area contributed by atoms with E-state index in [2.05, 4.69) is 23.8 Å². The van der Waals surface area contributed by atoms with Crippen molar-refractivity contribution in [2.45, 2.75) is 25.9 Å². The molecule has 0 aliphatic carbocycles. The van der Waals surface area contributed by atoms with Crippen LogP contribution in [-0.2, 0) is 6.54 Å². The molecule has 5 nitrogen and oxygen atoms in total. The molecule has 1 atom stereocenters. The zero-order valence-corrected chi connectivity index (χ0v) is 10.9. The van der Waals surface area contributed by atoms with E-state index in [1.165, 1.54) is 6.26 Å². The van der Waals surface area contributed by atoms with Crippen molar-refractivity contribution in [1.82, 2.24) is 9.80 Å². The molecule has 0 amide bonds. The lowest BCUT2D eigenvalue weighted by atomic mass is 10.2. The smallest absolute Gasteiger partial charge is 0.372 e. The largest absolute Gasteiger partial charge is 0.475 e. The van der Waals surface area contributed by atoms with Gasteiger partial charge in [0.2, 0.25) is 5.76 Å². The van der Waals surface area contributed by atoms with Crippen molar-refractivity contribution in [3.05, 3.63) is 23.7 Å². The van der Waals surface area contributed by atoms with E-state index in [-0.39, 0.29) is 5.76 Å². The highest BCUT2D eigenvalue weighted by Crippen LogP contribution is 2.17. The van der Waals surface area contributed by atoms with Crippen molar-refractivity contribution in [2.75, 3.05) is 26.7 Å². The van der Waals surface area contributed by atoms with Gasteiger partial charge in [-0.25, -0.2) is 4.79 Å². The van der Waals surface area contributed by atoms with Gasteiger partial charge in [-0.1, -0.05) is 0 Å². The Balaban J connectivity index is 2.07. The molecule has 1 aliphatic heterocycles. The van der Waals surface area contributed by atoms with Crippen molar-refractivity contribution in [2.24, 2.45) is 0 Å². The molecule has 0 bridgehead atoms.